The lowest BCUT2D eigenvalue weighted by Gasteiger charge is -2.28. The van der Waals surface area contributed by atoms with E-state index in [-0.39, 0.29) is 11.0 Å². The minimum atomic E-state index is -4.03. The molecule has 0 saturated heterocycles. The van der Waals surface area contributed by atoms with Crippen LogP contribution in [0.25, 0.3) is 0 Å². The van der Waals surface area contributed by atoms with Crippen LogP contribution in [0, 0.1) is 6.92 Å². The van der Waals surface area contributed by atoms with Gasteiger partial charge in [0.15, 0.2) is 8.32 Å². The molecule has 7 aromatic carbocycles. The zero-order valence-electron chi connectivity index (χ0n) is 42.5. The van der Waals surface area contributed by atoms with Gasteiger partial charge in [0.2, 0.25) is 0 Å². The Hall–Kier alpha value is -3.75. The van der Waals surface area contributed by atoms with E-state index in [0.717, 1.165) is 42.1 Å². The van der Waals surface area contributed by atoms with Crippen LogP contribution in [0.1, 0.15) is 78.0 Å². The molecule has 0 bridgehead atoms. The predicted octanol–water partition coefficient (Wildman–Crippen LogP) is 17.3. The molecule has 0 aromatic heterocycles. The van der Waals surface area contributed by atoms with Gasteiger partial charge in [-0.15, -0.1) is 0 Å². The zero-order chi connectivity index (χ0) is 55.1. The molecule has 3 atom stereocenters. The van der Waals surface area contributed by atoms with E-state index in [1.54, 1.807) is 97.1 Å². The van der Waals surface area contributed by atoms with Crippen LogP contribution in [-0.4, -0.2) is 51.2 Å². The Kier molecular flexibility index (Phi) is 23.8. The van der Waals surface area contributed by atoms with Crippen LogP contribution in [0.5, 0.6) is 17.2 Å². The average Bonchev–Trinajstić information content (AvgIpc) is 3.35. The third kappa shape index (κ3) is 19.6. The summed E-state index contributed by atoms with van der Waals surface area (Å²) in [5.41, 5.74) is 5.44. The molecule has 75 heavy (non-hydrogen) atoms. The van der Waals surface area contributed by atoms with Gasteiger partial charge in [0, 0.05) is 45.2 Å². The maximum absolute atomic E-state index is 13.0. The second-order valence-electron chi connectivity index (χ2n) is 17.5. The first-order chi connectivity index (χ1) is 35.4. The summed E-state index contributed by atoms with van der Waals surface area (Å²) in [6.07, 6.45) is -0.907. The first-order valence-electron chi connectivity index (χ1n) is 23.5. The van der Waals surface area contributed by atoms with Gasteiger partial charge in [-0.25, -0.2) is 0 Å². The van der Waals surface area contributed by atoms with E-state index >= 15 is 0 Å². The van der Waals surface area contributed by atoms with Crippen molar-refractivity contribution in [1.29, 1.82) is 0 Å². The summed E-state index contributed by atoms with van der Waals surface area (Å²) in [7, 11) is -9.46. The Bertz CT molecular complexity index is 3180. The van der Waals surface area contributed by atoms with Crippen LogP contribution in [0.15, 0.2) is 170 Å². The Morgan fingerprint density at radius 2 is 0.787 bits per heavy atom. The molecule has 0 fully saturated rings. The molecule has 0 saturated carbocycles. The smallest absolute Gasteiger partial charge is 0.297 e. The van der Waals surface area contributed by atoms with Crippen LogP contribution in [-0.2, 0) is 33.0 Å². The quantitative estimate of drug-likeness (QED) is 0.0571. The minimum Gasteiger partial charge on any atom is -0.494 e. The zero-order valence-corrected chi connectivity index (χ0v) is 52.1. The lowest BCUT2D eigenvalue weighted by molar-refractivity contribution is 0.239. The van der Waals surface area contributed by atoms with Crippen molar-refractivity contribution in [2.24, 2.45) is 0 Å². The van der Waals surface area contributed by atoms with Crippen LogP contribution in [0.2, 0.25) is 34.7 Å². The molecule has 0 radical (unpaired) electrons. The van der Waals surface area contributed by atoms with Gasteiger partial charge >= 0.3 is 0 Å². The van der Waals surface area contributed by atoms with E-state index in [2.05, 4.69) is 67.4 Å². The van der Waals surface area contributed by atoms with Gasteiger partial charge in [0.05, 0.1) is 37.1 Å². The van der Waals surface area contributed by atoms with Crippen molar-refractivity contribution < 1.29 is 43.8 Å². The summed E-state index contributed by atoms with van der Waals surface area (Å²) < 4.78 is 85.6. The van der Waals surface area contributed by atoms with E-state index in [1.165, 1.54) is 12.1 Å². The lowest BCUT2D eigenvalue weighted by Crippen LogP contribution is -2.28. The summed E-state index contributed by atoms with van der Waals surface area (Å²) in [6, 6.07) is 45.1. The molecule has 0 aliphatic carbocycles. The molecule has 0 heterocycles. The normalized spacial score (nSPS) is 12.8. The molecule has 0 aliphatic heterocycles. The third-order valence-corrected chi connectivity index (χ3v) is 15.8. The standard InChI is InChI=1S/C22H20BrClO4S.C18H22BrClO2Si.C16H16BrClO4S/c1-3-27-18-9-6-16(7-10-18)22(20-14-17(23)8-13-21(20)24)28-29(25,26)19-11-4-15(2)5-12-19;1-5-21-15-9-6-13(7-10-15)18(22-23(2,3)4)16-12-14(19)8-11-17(16)20;1-3-21-13-7-4-11(5-8-13)16(22-23(2,19)20)14-10-12(17)6-9-15(14)18/h4-14,22H,3H2,1-2H3;6-12,18H,5H2,1-4H3;4-10,16H,3H2,1-2H3. The van der Waals surface area contributed by atoms with E-state index in [0.29, 0.717) is 68.6 Å². The summed E-state index contributed by atoms with van der Waals surface area (Å²) in [5.74, 6) is 2.26. The fourth-order valence-electron chi connectivity index (χ4n) is 7.16. The SMILES string of the molecule is CCOc1ccc(C(OS(=O)(=O)c2ccc(C)cc2)c2cc(Br)ccc2Cl)cc1.CCOc1ccc(C(OS(C)(=O)=O)c2cc(Br)ccc2Cl)cc1.CCOc1ccc(C(O[Si](C)(C)C)c2cc(Br)ccc2Cl)cc1. The van der Waals surface area contributed by atoms with Crippen molar-refractivity contribution in [2.75, 3.05) is 26.1 Å². The molecule has 7 rings (SSSR count). The van der Waals surface area contributed by atoms with Crippen LogP contribution < -0.4 is 14.2 Å². The first kappa shape index (κ1) is 62.1. The number of hydrogen-bond acceptors (Lipinski definition) is 10. The highest BCUT2D eigenvalue weighted by Gasteiger charge is 2.29. The van der Waals surface area contributed by atoms with Crippen LogP contribution in [0.4, 0.5) is 0 Å². The number of aryl methyl sites for hydroxylation is 1. The minimum absolute atomic E-state index is 0.0881. The lowest BCUT2D eigenvalue weighted by atomic mass is 10.0. The Morgan fingerprint density at radius 3 is 1.11 bits per heavy atom. The number of hydrogen-bond donors (Lipinski definition) is 0. The second kappa shape index (κ2) is 28.7. The monoisotopic (exact) mass is 1320 g/mol. The molecule has 3 unspecified atom stereocenters. The van der Waals surface area contributed by atoms with Gasteiger partial charge in [-0.1, -0.05) is 137 Å². The molecule has 0 aliphatic rings. The van der Waals surface area contributed by atoms with Gasteiger partial charge in [0.1, 0.15) is 29.5 Å². The molecule has 0 spiro atoms. The highest BCUT2D eigenvalue weighted by atomic mass is 79.9. The summed E-state index contributed by atoms with van der Waals surface area (Å²) in [4.78, 5) is 0.0881. The molecule has 400 valence electrons. The summed E-state index contributed by atoms with van der Waals surface area (Å²) in [6.45, 7) is 16.0. The van der Waals surface area contributed by atoms with E-state index < -0.39 is 40.8 Å². The van der Waals surface area contributed by atoms with Crippen LogP contribution >= 0.6 is 82.6 Å². The number of benzene rings is 7. The topological polar surface area (TPSA) is 124 Å². The fraction of sp³-hybridized carbons (Fsp3) is 0.250. The van der Waals surface area contributed by atoms with Gasteiger partial charge in [-0.05, 0) is 167 Å². The second-order valence-corrected chi connectivity index (χ2v) is 29.1. The van der Waals surface area contributed by atoms with Crippen molar-refractivity contribution in [3.8, 4) is 17.2 Å². The molecular formula is C56H58Br3Cl3O10S2Si. The number of rotatable bonds is 19. The largest absolute Gasteiger partial charge is 0.494 e. The summed E-state index contributed by atoms with van der Waals surface area (Å²) in [5, 5.41) is 1.55. The molecular weight excluding hydrogens is 1270 g/mol. The molecule has 0 amide bonds. The molecule has 10 nitrogen and oxygen atoms in total. The predicted molar refractivity (Wildman–Crippen MR) is 316 cm³/mol. The van der Waals surface area contributed by atoms with E-state index in [4.69, 9.17) is 61.8 Å². The van der Waals surface area contributed by atoms with Crippen molar-refractivity contribution in [2.45, 2.75) is 70.5 Å². The Balaban J connectivity index is 0.000000210. The number of ether oxygens (including phenoxy) is 3. The Morgan fingerprint density at radius 1 is 0.467 bits per heavy atom. The average molecular weight is 1330 g/mol. The molecule has 7 aromatic rings. The Labute approximate surface area is 483 Å². The van der Waals surface area contributed by atoms with Gasteiger partial charge < -0.3 is 18.6 Å². The van der Waals surface area contributed by atoms with Crippen LogP contribution in [0.3, 0.4) is 0 Å². The molecule has 19 heteroatoms. The maximum Gasteiger partial charge on any atom is 0.297 e. The fourth-order valence-corrected chi connectivity index (χ4v) is 11.5. The van der Waals surface area contributed by atoms with Crippen molar-refractivity contribution in [1.82, 2.24) is 0 Å². The number of halogens is 6. The maximum atomic E-state index is 13.0. The van der Waals surface area contributed by atoms with Crippen molar-refractivity contribution in [3.63, 3.8) is 0 Å². The summed E-state index contributed by atoms with van der Waals surface area (Å²) >= 11 is 29.4. The first-order valence-corrected chi connectivity index (χ1v) is 33.6. The van der Waals surface area contributed by atoms with Gasteiger partial charge in [0.25, 0.3) is 20.2 Å². The van der Waals surface area contributed by atoms with Gasteiger partial charge in [-0.3, -0.25) is 8.37 Å². The van der Waals surface area contributed by atoms with Crippen molar-refractivity contribution in [3.05, 3.63) is 219 Å². The van der Waals surface area contributed by atoms with Crippen molar-refractivity contribution >= 4 is 111 Å². The highest BCUT2D eigenvalue weighted by molar-refractivity contribution is 9.11. The van der Waals surface area contributed by atoms with E-state index in [1.807, 2.05) is 70.2 Å². The van der Waals surface area contributed by atoms with Gasteiger partial charge in [-0.2, -0.15) is 16.8 Å². The van der Waals surface area contributed by atoms with E-state index in [9.17, 15) is 16.8 Å². The third-order valence-electron chi connectivity index (χ3n) is 10.5. The highest BCUT2D eigenvalue weighted by Crippen LogP contribution is 2.39. The molecule has 0 N–H and O–H groups in total.